The number of aliphatic carboxylic acids is 1. The summed E-state index contributed by atoms with van der Waals surface area (Å²) >= 11 is 5.93. The van der Waals surface area contributed by atoms with Crippen molar-refractivity contribution in [2.75, 3.05) is 13.1 Å². The van der Waals surface area contributed by atoms with Gasteiger partial charge in [0.05, 0.1) is 11.6 Å². The van der Waals surface area contributed by atoms with Crippen molar-refractivity contribution in [1.29, 1.82) is 0 Å². The predicted octanol–water partition coefficient (Wildman–Crippen LogP) is 3.14. The molecule has 1 amide bonds. The highest BCUT2D eigenvalue weighted by Gasteiger charge is 2.41. The number of carbonyl (C=O) groups is 2. The van der Waals surface area contributed by atoms with Crippen LogP contribution in [0.3, 0.4) is 0 Å². The Hall–Kier alpha value is -2.34. The van der Waals surface area contributed by atoms with Crippen molar-refractivity contribution in [3.05, 3.63) is 52.3 Å². The molecule has 0 aliphatic carbocycles. The maximum absolute atomic E-state index is 13.0. The van der Waals surface area contributed by atoms with Gasteiger partial charge in [0.25, 0.3) is 5.91 Å². The third-order valence-corrected chi connectivity index (χ3v) is 5.18. The first-order valence-corrected chi connectivity index (χ1v) is 8.97. The van der Waals surface area contributed by atoms with Gasteiger partial charge in [-0.1, -0.05) is 37.6 Å². The van der Waals surface area contributed by atoms with Crippen LogP contribution in [0.15, 0.2) is 30.3 Å². The van der Waals surface area contributed by atoms with Crippen LogP contribution in [0.2, 0.25) is 5.02 Å². The molecule has 1 fully saturated rings. The summed E-state index contributed by atoms with van der Waals surface area (Å²) in [4.78, 5) is 26.3. The van der Waals surface area contributed by atoms with Crippen molar-refractivity contribution in [2.45, 2.75) is 25.7 Å². The minimum Gasteiger partial charge on any atom is -0.481 e. The molecule has 1 aliphatic rings. The van der Waals surface area contributed by atoms with E-state index in [0.29, 0.717) is 17.3 Å². The zero-order chi connectivity index (χ0) is 19.0. The average molecular weight is 376 g/mol. The van der Waals surface area contributed by atoms with E-state index in [1.807, 2.05) is 26.0 Å². The van der Waals surface area contributed by atoms with Gasteiger partial charge >= 0.3 is 5.97 Å². The van der Waals surface area contributed by atoms with Crippen molar-refractivity contribution in [2.24, 2.45) is 13.0 Å². The Morgan fingerprint density at radius 2 is 1.88 bits per heavy atom. The number of aromatic nitrogens is 2. The summed E-state index contributed by atoms with van der Waals surface area (Å²) in [5.41, 5.74) is 2.21. The number of likely N-dealkylation sites (tertiary alicyclic amines) is 1. The van der Waals surface area contributed by atoms with E-state index in [1.165, 1.54) is 0 Å². The molecule has 3 rings (SSSR count). The van der Waals surface area contributed by atoms with Crippen LogP contribution in [0.4, 0.5) is 0 Å². The second-order valence-corrected chi connectivity index (χ2v) is 7.48. The summed E-state index contributed by atoms with van der Waals surface area (Å²) in [6, 6.07) is 8.95. The van der Waals surface area contributed by atoms with E-state index in [2.05, 4.69) is 5.10 Å². The van der Waals surface area contributed by atoms with Crippen LogP contribution in [-0.4, -0.2) is 44.8 Å². The number of benzene rings is 1. The van der Waals surface area contributed by atoms with Gasteiger partial charge in [-0.25, -0.2) is 0 Å². The Morgan fingerprint density at radius 1 is 1.23 bits per heavy atom. The van der Waals surface area contributed by atoms with Gasteiger partial charge in [-0.2, -0.15) is 5.10 Å². The van der Waals surface area contributed by atoms with Gasteiger partial charge < -0.3 is 10.0 Å². The average Bonchev–Trinajstić information content (AvgIpc) is 3.19. The topological polar surface area (TPSA) is 75.4 Å². The second-order valence-electron chi connectivity index (χ2n) is 7.05. The zero-order valence-corrected chi connectivity index (χ0v) is 15.8. The third kappa shape index (κ3) is 3.46. The summed E-state index contributed by atoms with van der Waals surface area (Å²) in [5, 5.41) is 14.6. The van der Waals surface area contributed by atoms with Crippen LogP contribution in [0.5, 0.6) is 0 Å². The minimum absolute atomic E-state index is 0.184. The molecular weight excluding hydrogens is 354 g/mol. The van der Waals surface area contributed by atoms with Gasteiger partial charge in [0.15, 0.2) is 0 Å². The normalized spacial score (nSPS) is 20.0. The van der Waals surface area contributed by atoms with Crippen molar-refractivity contribution in [3.8, 4) is 0 Å². The van der Waals surface area contributed by atoms with Crippen LogP contribution in [-0.2, 0) is 11.8 Å². The number of nitrogens with zero attached hydrogens (tertiary/aromatic N) is 3. The number of amides is 1. The fraction of sp³-hybridized carbons (Fsp3) is 0.421. The number of halogens is 1. The summed E-state index contributed by atoms with van der Waals surface area (Å²) < 4.78 is 1.57. The molecule has 0 bridgehead atoms. The SMILES string of the molecule is CC(C)c1cc(C(=O)N2C[C@@H](C(=O)O)[C@H](c3ccc(Cl)cc3)C2)n(C)n1. The molecule has 2 atom stereocenters. The molecule has 7 heteroatoms. The van der Waals surface area contributed by atoms with Gasteiger partial charge in [-0.3, -0.25) is 14.3 Å². The molecule has 0 saturated carbocycles. The molecular formula is C19H22ClN3O3. The molecule has 2 aromatic rings. The standard InChI is InChI=1S/C19H22ClN3O3/c1-11(2)16-8-17(22(3)21-16)18(24)23-9-14(15(10-23)19(25)26)12-4-6-13(20)7-5-12/h4-8,11,14-15H,9-10H2,1-3H3,(H,25,26)/t14-,15+/m0/s1. The zero-order valence-electron chi connectivity index (χ0n) is 15.0. The third-order valence-electron chi connectivity index (χ3n) is 4.93. The fourth-order valence-corrected chi connectivity index (χ4v) is 3.53. The molecule has 1 aromatic heterocycles. The Bertz CT molecular complexity index is 829. The van der Waals surface area contributed by atoms with Crippen LogP contribution in [0.25, 0.3) is 0 Å². The lowest BCUT2D eigenvalue weighted by Crippen LogP contribution is -2.31. The summed E-state index contributed by atoms with van der Waals surface area (Å²) in [5.74, 6) is -1.76. The van der Waals surface area contributed by atoms with Gasteiger partial charge in [-0.05, 0) is 29.7 Å². The fourth-order valence-electron chi connectivity index (χ4n) is 3.40. The van der Waals surface area contributed by atoms with Crippen molar-refractivity contribution >= 4 is 23.5 Å². The molecule has 1 aromatic carbocycles. The molecule has 6 nitrogen and oxygen atoms in total. The first kappa shape index (κ1) is 18.5. The molecule has 0 radical (unpaired) electrons. The Morgan fingerprint density at radius 3 is 2.42 bits per heavy atom. The number of carboxylic acid groups (broad SMARTS) is 1. The number of hydrogen-bond acceptors (Lipinski definition) is 3. The van der Waals surface area contributed by atoms with Crippen LogP contribution >= 0.6 is 11.6 Å². The number of carboxylic acids is 1. The number of carbonyl (C=O) groups excluding carboxylic acids is 1. The number of rotatable bonds is 4. The minimum atomic E-state index is -0.895. The van der Waals surface area contributed by atoms with Gasteiger partial charge in [0, 0.05) is 31.1 Å². The lowest BCUT2D eigenvalue weighted by molar-refractivity contribution is -0.141. The molecule has 0 spiro atoms. The van der Waals surface area contributed by atoms with E-state index in [-0.39, 0.29) is 24.3 Å². The van der Waals surface area contributed by atoms with Gasteiger partial charge in [0.2, 0.25) is 0 Å². The molecule has 138 valence electrons. The maximum atomic E-state index is 13.0. The monoisotopic (exact) mass is 375 g/mol. The summed E-state index contributed by atoms with van der Waals surface area (Å²) in [7, 11) is 1.74. The predicted molar refractivity (Wildman–Crippen MR) is 98.5 cm³/mol. The Labute approximate surface area is 157 Å². The number of aryl methyl sites for hydroxylation is 1. The number of hydrogen-bond donors (Lipinski definition) is 1. The summed E-state index contributed by atoms with van der Waals surface area (Å²) in [6.45, 7) is 4.58. The summed E-state index contributed by atoms with van der Waals surface area (Å²) in [6.07, 6.45) is 0. The smallest absolute Gasteiger partial charge is 0.308 e. The molecule has 1 N–H and O–H groups in total. The quantitative estimate of drug-likeness (QED) is 0.890. The van der Waals surface area contributed by atoms with E-state index in [9.17, 15) is 14.7 Å². The Kier molecular flexibility index (Phi) is 5.05. The lowest BCUT2D eigenvalue weighted by Gasteiger charge is -2.16. The first-order valence-electron chi connectivity index (χ1n) is 8.59. The molecule has 26 heavy (non-hydrogen) atoms. The molecule has 1 saturated heterocycles. The highest BCUT2D eigenvalue weighted by atomic mass is 35.5. The van der Waals surface area contributed by atoms with Crippen molar-refractivity contribution in [3.63, 3.8) is 0 Å². The molecule has 1 aliphatic heterocycles. The van der Waals surface area contributed by atoms with E-state index in [0.717, 1.165) is 11.3 Å². The second kappa shape index (κ2) is 7.11. The van der Waals surface area contributed by atoms with Crippen LogP contribution in [0.1, 0.15) is 47.4 Å². The van der Waals surface area contributed by atoms with E-state index in [4.69, 9.17) is 11.6 Å². The van der Waals surface area contributed by atoms with E-state index >= 15 is 0 Å². The Balaban J connectivity index is 1.86. The van der Waals surface area contributed by atoms with Crippen LogP contribution < -0.4 is 0 Å². The van der Waals surface area contributed by atoms with E-state index < -0.39 is 11.9 Å². The van der Waals surface area contributed by atoms with Gasteiger partial charge in [-0.15, -0.1) is 0 Å². The maximum Gasteiger partial charge on any atom is 0.308 e. The highest BCUT2D eigenvalue weighted by molar-refractivity contribution is 6.30. The van der Waals surface area contributed by atoms with Gasteiger partial charge in [0.1, 0.15) is 5.69 Å². The van der Waals surface area contributed by atoms with E-state index in [1.54, 1.807) is 34.8 Å². The first-order chi connectivity index (χ1) is 12.3. The highest BCUT2D eigenvalue weighted by Crippen LogP contribution is 2.34. The molecule has 2 heterocycles. The molecule has 0 unspecified atom stereocenters. The van der Waals surface area contributed by atoms with Crippen molar-refractivity contribution in [1.82, 2.24) is 14.7 Å². The lowest BCUT2D eigenvalue weighted by atomic mass is 9.89. The van der Waals surface area contributed by atoms with Crippen molar-refractivity contribution < 1.29 is 14.7 Å². The van der Waals surface area contributed by atoms with Crippen LogP contribution in [0, 0.1) is 5.92 Å². The largest absolute Gasteiger partial charge is 0.481 e.